The molecule has 0 fully saturated rings. The minimum atomic E-state index is 1.11. The van der Waals surface area contributed by atoms with Crippen LogP contribution in [-0.2, 0) is 0 Å². The fourth-order valence-electron chi connectivity index (χ4n) is 9.64. The average Bonchev–Trinajstić information content (AvgIpc) is 3.35. The summed E-state index contributed by atoms with van der Waals surface area (Å²) in [7, 11) is 0. The Hall–Kier alpha value is -8.00. The minimum Gasteiger partial charge on any atom is -0.311 e. The maximum Gasteiger partial charge on any atom is 0.0462 e. The molecule has 0 N–H and O–H groups in total. The highest BCUT2D eigenvalue weighted by Crippen LogP contribution is 2.44. The van der Waals surface area contributed by atoms with Crippen LogP contribution in [0.1, 0.15) is 11.1 Å². The first kappa shape index (κ1) is 38.0. The third-order valence-corrected chi connectivity index (χ3v) is 12.8. The van der Waals surface area contributed by atoms with Gasteiger partial charge in [-0.05, 0) is 155 Å². The highest BCUT2D eigenvalue weighted by molar-refractivity contribution is 6.18. The number of fused-ring (bicyclic) bond motifs is 4. The van der Waals surface area contributed by atoms with E-state index in [1.165, 1.54) is 99.1 Å². The zero-order chi connectivity index (χ0) is 42.3. The summed E-state index contributed by atoms with van der Waals surface area (Å²) in [6.07, 6.45) is 0. The van der Waals surface area contributed by atoms with Crippen molar-refractivity contribution in [3.05, 3.63) is 248 Å². The van der Waals surface area contributed by atoms with Gasteiger partial charge in [-0.15, -0.1) is 0 Å². The van der Waals surface area contributed by atoms with Gasteiger partial charge in [0.15, 0.2) is 0 Å². The SMILES string of the molecule is Cc1ccccc1-c1cccc(-c2ccc(N(c3ccccc3)c3ccc(-c4ccc(-c5ccc6ccccc6c5-c5cc6ccccc6c6ccccc56)cc4)cc3)cc2)c1C. The van der Waals surface area contributed by atoms with Crippen LogP contribution in [0.3, 0.4) is 0 Å². The van der Waals surface area contributed by atoms with Crippen molar-refractivity contribution in [2.45, 2.75) is 13.8 Å². The molecule has 0 bridgehead atoms. The van der Waals surface area contributed by atoms with Gasteiger partial charge in [0.05, 0.1) is 0 Å². The zero-order valence-corrected chi connectivity index (χ0v) is 35.5. The number of nitrogens with zero attached hydrogens (tertiary/aromatic N) is 1. The van der Waals surface area contributed by atoms with Gasteiger partial charge in [0.2, 0.25) is 0 Å². The van der Waals surface area contributed by atoms with E-state index in [0.29, 0.717) is 0 Å². The summed E-state index contributed by atoms with van der Waals surface area (Å²) in [5, 5.41) is 7.58. The fourth-order valence-corrected chi connectivity index (χ4v) is 9.64. The number of hydrogen-bond acceptors (Lipinski definition) is 1. The molecule has 0 amide bonds. The molecule has 0 atom stereocenters. The predicted octanol–water partition coefficient (Wildman–Crippen LogP) is 17.6. The molecule has 0 aliphatic carbocycles. The Kier molecular flexibility index (Phi) is 9.71. The topological polar surface area (TPSA) is 3.24 Å². The molecule has 1 heteroatoms. The second kappa shape index (κ2) is 16.1. The number of rotatable bonds is 8. The standard InChI is InChI=1S/C62H45N/c1-42-15-6-9-20-53(42)55-26-14-25-54(43(55)2)47-33-38-52(39-34-47)63(50-18-4-3-5-19-50)51-36-31-45(32-37-51)44-27-29-48(30-28-44)58-40-35-46-16-7-11-22-57(46)62(58)61-41-49-17-8-10-21-56(49)59-23-12-13-24-60(59)61/h3-41H,1-2H3. The van der Waals surface area contributed by atoms with E-state index in [2.05, 4.69) is 255 Å². The molecule has 0 radical (unpaired) electrons. The van der Waals surface area contributed by atoms with Crippen molar-refractivity contribution in [3.63, 3.8) is 0 Å². The van der Waals surface area contributed by atoms with Crippen molar-refractivity contribution >= 4 is 49.4 Å². The van der Waals surface area contributed by atoms with Gasteiger partial charge in [0.1, 0.15) is 0 Å². The molecule has 0 spiro atoms. The Morgan fingerprint density at radius 2 is 0.762 bits per heavy atom. The van der Waals surface area contributed by atoms with Gasteiger partial charge in [0, 0.05) is 17.1 Å². The number of benzene rings is 11. The maximum absolute atomic E-state index is 2.39. The van der Waals surface area contributed by atoms with E-state index >= 15 is 0 Å². The van der Waals surface area contributed by atoms with Crippen LogP contribution in [0, 0.1) is 13.8 Å². The molecule has 0 aliphatic rings. The molecule has 11 aromatic rings. The molecule has 298 valence electrons. The van der Waals surface area contributed by atoms with Gasteiger partial charge in [-0.3, -0.25) is 0 Å². The first-order valence-electron chi connectivity index (χ1n) is 21.8. The summed E-state index contributed by atoms with van der Waals surface area (Å²) in [6, 6.07) is 86.4. The van der Waals surface area contributed by atoms with Crippen LogP contribution >= 0.6 is 0 Å². The quantitative estimate of drug-likeness (QED) is 0.138. The predicted molar refractivity (Wildman–Crippen MR) is 270 cm³/mol. The molecular weight excluding hydrogens is 759 g/mol. The summed E-state index contributed by atoms with van der Waals surface area (Å²) < 4.78 is 0. The number of aryl methyl sites for hydroxylation is 1. The summed E-state index contributed by atoms with van der Waals surface area (Å²) in [5.74, 6) is 0. The monoisotopic (exact) mass is 803 g/mol. The molecule has 0 saturated heterocycles. The van der Waals surface area contributed by atoms with Crippen molar-refractivity contribution in [1.82, 2.24) is 0 Å². The Labute approximate surface area is 369 Å². The third-order valence-electron chi connectivity index (χ3n) is 12.8. The molecule has 0 heterocycles. The third kappa shape index (κ3) is 6.94. The Morgan fingerprint density at radius 1 is 0.270 bits per heavy atom. The first-order valence-corrected chi connectivity index (χ1v) is 21.8. The van der Waals surface area contributed by atoms with Crippen LogP contribution in [-0.4, -0.2) is 0 Å². The van der Waals surface area contributed by atoms with Gasteiger partial charge >= 0.3 is 0 Å². The van der Waals surface area contributed by atoms with Crippen molar-refractivity contribution in [2.24, 2.45) is 0 Å². The second-order valence-electron chi connectivity index (χ2n) is 16.5. The fraction of sp³-hybridized carbons (Fsp3) is 0.0323. The van der Waals surface area contributed by atoms with E-state index in [1.54, 1.807) is 0 Å². The summed E-state index contributed by atoms with van der Waals surface area (Å²) in [5.41, 5.74) is 18.3. The van der Waals surface area contributed by atoms with Crippen LogP contribution in [0.25, 0.3) is 88.0 Å². The lowest BCUT2D eigenvalue weighted by Crippen LogP contribution is -2.09. The van der Waals surface area contributed by atoms with Crippen molar-refractivity contribution in [2.75, 3.05) is 4.90 Å². The Morgan fingerprint density at radius 3 is 1.48 bits per heavy atom. The van der Waals surface area contributed by atoms with Gasteiger partial charge in [-0.25, -0.2) is 0 Å². The highest BCUT2D eigenvalue weighted by Gasteiger charge is 2.18. The highest BCUT2D eigenvalue weighted by atomic mass is 15.1. The van der Waals surface area contributed by atoms with E-state index in [1.807, 2.05) is 0 Å². The minimum absolute atomic E-state index is 1.11. The lowest BCUT2D eigenvalue weighted by molar-refractivity contribution is 1.28. The molecule has 11 aromatic carbocycles. The van der Waals surface area contributed by atoms with Gasteiger partial charge in [-0.2, -0.15) is 0 Å². The van der Waals surface area contributed by atoms with Crippen LogP contribution in [0.15, 0.2) is 237 Å². The summed E-state index contributed by atoms with van der Waals surface area (Å²) >= 11 is 0. The molecule has 0 unspecified atom stereocenters. The largest absolute Gasteiger partial charge is 0.311 e. The number of hydrogen-bond donors (Lipinski definition) is 0. The second-order valence-corrected chi connectivity index (χ2v) is 16.5. The molecule has 0 aromatic heterocycles. The Bertz CT molecular complexity index is 3440. The van der Waals surface area contributed by atoms with Gasteiger partial charge in [-0.1, -0.05) is 194 Å². The molecular formula is C62H45N. The normalized spacial score (nSPS) is 11.3. The van der Waals surface area contributed by atoms with E-state index in [9.17, 15) is 0 Å². The van der Waals surface area contributed by atoms with E-state index < -0.39 is 0 Å². The van der Waals surface area contributed by atoms with Crippen LogP contribution in [0.5, 0.6) is 0 Å². The first-order chi connectivity index (χ1) is 31.1. The van der Waals surface area contributed by atoms with Gasteiger partial charge < -0.3 is 4.90 Å². The van der Waals surface area contributed by atoms with E-state index in [-0.39, 0.29) is 0 Å². The van der Waals surface area contributed by atoms with Crippen LogP contribution < -0.4 is 4.90 Å². The van der Waals surface area contributed by atoms with E-state index in [4.69, 9.17) is 0 Å². The molecule has 63 heavy (non-hydrogen) atoms. The number of para-hydroxylation sites is 1. The lowest BCUT2D eigenvalue weighted by atomic mass is 9.85. The van der Waals surface area contributed by atoms with Crippen LogP contribution in [0.4, 0.5) is 17.1 Å². The van der Waals surface area contributed by atoms with Crippen molar-refractivity contribution in [3.8, 4) is 55.6 Å². The van der Waals surface area contributed by atoms with Crippen molar-refractivity contribution < 1.29 is 0 Å². The van der Waals surface area contributed by atoms with Crippen LogP contribution in [0.2, 0.25) is 0 Å². The lowest BCUT2D eigenvalue weighted by Gasteiger charge is -2.26. The maximum atomic E-state index is 2.39. The molecule has 0 saturated carbocycles. The molecule has 0 aliphatic heterocycles. The van der Waals surface area contributed by atoms with Gasteiger partial charge in [0.25, 0.3) is 0 Å². The summed E-state index contributed by atoms with van der Waals surface area (Å²) in [4.78, 5) is 2.34. The molecule has 11 rings (SSSR count). The zero-order valence-electron chi connectivity index (χ0n) is 35.5. The summed E-state index contributed by atoms with van der Waals surface area (Å²) in [6.45, 7) is 4.43. The van der Waals surface area contributed by atoms with Crippen molar-refractivity contribution in [1.29, 1.82) is 0 Å². The smallest absolute Gasteiger partial charge is 0.0462 e. The van der Waals surface area contributed by atoms with E-state index in [0.717, 1.165) is 17.1 Å². The number of anilines is 3. The molecule has 1 nitrogen and oxygen atoms in total. The Balaban J connectivity index is 0.928. The average molecular weight is 804 g/mol.